The quantitative estimate of drug-likeness (QED) is 0.446. The molecule has 0 fully saturated rings. The predicted molar refractivity (Wildman–Crippen MR) is 123 cm³/mol. The van der Waals surface area contributed by atoms with Crippen LogP contribution >= 0.6 is 11.3 Å². The maximum Gasteiger partial charge on any atom is 0.348 e. The molecule has 0 aliphatic heterocycles. The molecule has 3 aromatic heterocycles. The molecule has 0 spiro atoms. The van der Waals surface area contributed by atoms with E-state index in [1.807, 2.05) is 37.3 Å². The number of nitrogens with one attached hydrogen (secondary N) is 1. The number of aromatic nitrogens is 3. The van der Waals surface area contributed by atoms with E-state index in [0.717, 1.165) is 28.2 Å². The maximum absolute atomic E-state index is 13.1. The van der Waals surface area contributed by atoms with E-state index < -0.39 is 17.8 Å². The van der Waals surface area contributed by atoms with E-state index in [9.17, 15) is 14.4 Å². The van der Waals surface area contributed by atoms with Crippen LogP contribution in [0, 0.1) is 13.8 Å². The summed E-state index contributed by atoms with van der Waals surface area (Å²) in [5.41, 5.74) is 3.86. The lowest BCUT2D eigenvalue weighted by Crippen LogP contribution is -2.14. The minimum Gasteiger partial charge on any atom is -0.465 e. The molecule has 0 saturated heterocycles. The van der Waals surface area contributed by atoms with Crippen molar-refractivity contribution in [3.8, 4) is 11.3 Å². The van der Waals surface area contributed by atoms with Gasteiger partial charge in [-0.2, -0.15) is 5.10 Å². The summed E-state index contributed by atoms with van der Waals surface area (Å²) < 4.78 is 11.2. The Morgan fingerprint density at radius 2 is 1.70 bits per heavy atom. The Labute approximate surface area is 193 Å². The maximum atomic E-state index is 13.1. The molecule has 4 aromatic rings. The molecule has 168 valence electrons. The van der Waals surface area contributed by atoms with Crippen molar-refractivity contribution in [3.05, 3.63) is 69.9 Å². The zero-order valence-electron chi connectivity index (χ0n) is 18.3. The van der Waals surface area contributed by atoms with E-state index >= 15 is 0 Å². The minimum atomic E-state index is -0.672. The van der Waals surface area contributed by atoms with E-state index in [1.165, 1.54) is 20.4 Å². The first-order chi connectivity index (χ1) is 15.8. The minimum absolute atomic E-state index is 0.0982. The molecule has 10 heteroatoms. The lowest BCUT2D eigenvalue weighted by molar-refractivity contribution is 0.0601. The van der Waals surface area contributed by atoms with Gasteiger partial charge in [0.15, 0.2) is 5.65 Å². The summed E-state index contributed by atoms with van der Waals surface area (Å²) in [5.74, 6) is -1.81. The molecular weight excluding hydrogens is 444 g/mol. The highest BCUT2D eigenvalue weighted by Gasteiger charge is 2.28. The summed E-state index contributed by atoms with van der Waals surface area (Å²) in [5, 5.41) is 7.23. The van der Waals surface area contributed by atoms with Crippen molar-refractivity contribution in [1.82, 2.24) is 14.6 Å². The van der Waals surface area contributed by atoms with Crippen LogP contribution in [-0.4, -0.2) is 46.7 Å². The first-order valence-corrected chi connectivity index (χ1v) is 10.7. The van der Waals surface area contributed by atoms with Gasteiger partial charge in [-0.25, -0.2) is 19.1 Å². The smallest absolute Gasteiger partial charge is 0.348 e. The summed E-state index contributed by atoms with van der Waals surface area (Å²) in [6.45, 7) is 3.60. The Hall–Kier alpha value is -4.05. The highest BCUT2D eigenvalue weighted by atomic mass is 32.1. The van der Waals surface area contributed by atoms with Crippen LogP contribution in [0.4, 0.5) is 5.00 Å². The first kappa shape index (κ1) is 22.2. The zero-order valence-corrected chi connectivity index (χ0v) is 19.1. The Balaban J connectivity index is 1.73. The van der Waals surface area contributed by atoms with Crippen LogP contribution in [0.1, 0.15) is 41.5 Å². The Bertz CT molecular complexity index is 1390. The Kier molecular flexibility index (Phi) is 5.93. The number of esters is 2. The summed E-state index contributed by atoms with van der Waals surface area (Å²) >= 11 is 0.940. The number of benzene rings is 1. The number of aryl methyl sites for hydroxylation is 1. The normalized spacial score (nSPS) is 10.8. The van der Waals surface area contributed by atoms with E-state index in [-0.39, 0.29) is 21.0 Å². The molecule has 9 nitrogen and oxygen atoms in total. The molecule has 33 heavy (non-hydrogen) atoms. The second-order valence-electron chi connectivity index (χ2n) is 7.19. The lowest BCUT2D eigenvalue weighted by atomic mass is 10.1. The fourth-order valence-corrected chi connectivity index (χ4v) is 4.51. The molecule has 0 aliphatic rings. The van der Waals surface area contributed by atoms with Gasteiger partial charge in [0, 0.05) is 11.8 Å². The predicted octanol–water partition coefficient (Wildman–Crippen LogP) is 3.90. The Morgan fingerprint density at radius 3 is 2.36 bits per heavy atom. The van der Waals surface area contributed by atoms with Crippen LogP contribution in [0.25, 0.3) is 16.9 Å². The molecule has 1 aromatic carbocycles. The number of carbonyl (C=O) groups excluding carboxylic acids is 3. The van der Waals surface area contributed by atoms with Crippen molar-refractivity contribution in [3.63, 3.8) is 0 Å². The van der Waals surface area contributed by atoms with Crippen LogP contribution in [0.3, 0.4) is 0 Å². The van der Waals surface area contributed by atoms with Gasteiger partial charge in [-0.1, -0.05) is 29.8 Å². The summed E-state index contributed by atoms with van der Waals surface area (Å²) in [6, 6.07) is 9.73. The van der Waals surface area contributed by atoms with E-state index in [1.54, 1.807) is 17.6 Å². The van der Waals surface area contributed by atoms with E-state index in [2.05, 4.69) is 15.4 Å². The van der Waals surface area contributed by atoms with Gasteiger partial charge in [-0.3, -0.25) is 4.79 Å². The topological polar surface area (TPSA) is 112 Å². The van der Waals surface area contributed by atoms with Gasteiger partial charge < -0.3 is 14.8 Å². The number of nitrogens with zero attached hydrogens (tertiary/aromatic N) is 3. The number of rotatable bonds is 5. The number of amides is 1. The summed E-state index contributed by atoms with van der Waals surface area (Å²) in [6.07, 6.45) is 3.02. The van der Waals surface area contributed by atoms with Crippen LogP contribution in [0.2, 0.25) is 0 Å². The molecule has 3 heterocycles. The van der Waals surface area contributed by atoms with Crippen molar-refractivity contribution in [2.75, 3.05) is 19.5 Å². The number of ether oxygens (including phenoxy) is 2. The molecule has 0 radical (unpaired) electrons. The van der Waals surface area contributed by atoms with Gasteiger partial charge in [0.05, 0.1) is 31.7 Å². The first-order valence-electron chi connectivity index (χ1n) is 9.86. The third-order valence-corrected chi connectivity index (χ3v) is 6.31. The fourth-order valence-electron chi connectivity index (χ4n) is 3.40. The third-order valence-electron chi connectivity index (χ3n) is 5.13. The van der Waals surface area contributed by atoms with E-state index in [0.29, 0.717) is 11.2 Å². The monoisotopic (exact) mass is 464 g/mol. The fraction of sp³-hybridized carbons (Fsp3) is 0.174. The molecule has 1 amide bonds. The molecular formula is C23H20N4O5S. The standard InChI is InChI=1S/C23H20N4O5S/c1-12-5-7-14(8-6-12)16-9-10-24-19-15(11-25-27(16)19)20(28)26-21-17(22(29)31-3)13(2)18(33-21)23(30)32-4/h5-11H,1-4H3,(H,26,28). The number of methoxy groups -OCH3 is 2. The van der Waals surface area contributed by atoms with E-state index in [4.69, 9.17) is 9.47 Å². The SMILES string of the molecule is COC(=O)c1sc(NC(=O)c2cnn3c(-c4ccc(C)cc4)ccnc23)c(C(=O)OC)c1C. The zero-order chi connectivity index (χ0) is 23.7. The van der Waals surface area contributed by atoms with Gasteiger partial charge in [0.2, 0.25) is 0 Å². The number of hydrogen-bond donors (Lipinski definition) is 1. The van der Waals surface area contributed by atoms with Crippen LogP contribution < -0.4 is 5.32 Å². The van der Waals surface area contributed by atoms with Crippen LogP contribution in [0.15, 0.2) is 42.7 Å². The van der Waals surface area contributed by atoms with Gasteiger partial charge in [0.25, 0.3) is 5.91 Å². The average molecular weight is 465 g/mol. The van der Waals surface area contributed by atoms with Crippen molar-refractivity contribution >= 4 is 39.8 Å². The van der Waals surface area contributed by atoms with Crippen molar-refractivity contribution in [2.45, 2.75) is 13.8 Å². The second kappa shape index (κ2) is 8.83. The molecule has 0 atom stereocenters. The number of thiophene rings is 1. The Morgan fingerprint density at radius 1 is 1.00 bits per heavy atom. The van der Waals surface area contributed by atoms with Gasteiger partial charge >= 0.3 is 11.9 Å². The molecule has 4 rings (SSSR count). The third kappa shape index (κ3) is 3.96. The number of carbonyl (C=O) groups is 3. The highest BCUT2D eigenvalue weighted by Crippen LogP contribution is 2.34. The average Bonchev–Trinajstić information content (AvgIpc) is 3.39. The highest BCUT2D eigenvalue weighted by molar-refractivity contribution is 7.18. The van der Waals surface area contributed by atoms with Gasteiger partial charge in [-0.05, 0) is 25.5 Å². The van der Waals surface area contributed by atoms with Gasteiger partial charge in [0.1, 0.15) is 15.4 Å². The van der Waals surface area contributed by atoms with Crippen LogP contribution in [0.5, 0.6) is 0 Å². The molecule has 0 unspecified atom stereocenters. The second-order valence-corrected chi connectivity index (χ2v) is 8.21. The summed E-state index contributed by atoms with van der Waals surface area (Å²) in [7, 11) is 2.47. The molecule has 1 N–H and O–H groups in total. The number of hydrogen-bond acceptors (Lipinski definition) is 8. The molecule has 0 saturated carbocycles. The lowest BCUT2D eigenvalue weighted by Gasteiger charge is -2.07. The van der Waals surface area contributed by atoms with Crippen LogP contribution in [-0.2, 0) is 9.47 Å². The molecule has 0 bridgehead atoms. The summed E-state index contributed by atoms with van der Waals surface area (Å²) in [4.78, 5) is 42.1. The molecule has 0 aliphatic carbocycles. The number of fused-ring (bicyclic) bond motifs is 1. The number of anilines is 1. The van der Waals surface area contributed by atoms with Crippen molar-refractivity contribution in [1.29, 1.82) is 0 Å². The largest absolute Gasteiger partial charge is 0.465 e. The van der Waals surface area contributed by atoms with Gasteiger partial charge in [-0.15, -0.1) is 11.3 Å². The van der Waals surface area contributed by atoms with Crippen molar-refractivity contribution in [2.24, 2.45) is 0 Å². The van der Waals surface area contributed by atoms with Crippen molar-refractivity contribution < 1.29 is 23.9 Å².